The minimum absolute atomic E-state index is 0.0213. The second-order valence-electron chi connectivity index (χ2n) is 4.56. The van der Waals surface area contributed by atoms with Gasteiger partial charge < -0.3 is 0 Å². The summed E-state index contributed by atoms with van der Waals surface area (Å²) >= 11 is 0. The second-order valence-corrected chi connectivity index (χ2v) is 6.06. The standard InChI is InChI=1S/C12H15F3O3S/c1-7(2)18-19(16,17)11-9(4)5-8(3)6-10(11)12(13,14)15/h5-7H,1-4H3. The molecule has 0 aliphatic carbocycles. The number of hydrogen-bond acceptors (Lipinski definition) is 3. The quantitative estimate of drug-likeness (QED) is 0.803. The Hall–Kier alpha value is -1.08. The van der Waals surface area contributed by atoms with E-state index in [0.29, 0.717) is 5.56 Å². The molecule has 0 unspecified atom stereocenters. The molecule has 0 amide bonds. The van der Waals surface area contributed by atoms with Crippen LogP contribution in [-0.4, -0.2) is 14.5 Å². The summed E-state index contributed by atoms with van der Waals surface area (Å²) in [6.45, 7) is 5.67. The van der Waals surface area contributed by atoms with Crippen LogP contribution in [0.4, 0.5) is 13.2 Å². The van der Waals surface area contributed by atoms with E-state index in [9.17, 15) is 21.6 Å². The summed E-state index contributed by atoms with van der Waals surface area (Å²) in [7, 11) is -4.44. The van der Waals surface area contributed by atoms with E-state index in [0.717, 1.165) is 6.07 Å². The highest BCUT2D eigenvalue weighted by Crippen LogP contribution is 2.37. The van der Waals surface area contributed by atoms with Crippen LogP contribution in [0, 0.1) is 13.8 Å². The molecular formula is C12H15F3O3S. The second kappa shape index (κ2) is 5.13. The Kier molecular flexibility index (Phi) is 4.31. The first kappa shape index (κ1) is 16.0. The molecule has 0 aromatic heterocycles. The van der Waals surface area contributed by atoms with Crippen molar-refractivity contribution >= 4 is 10.1 Å². The normalized spacial score (nSPS) is 13.1. The highest BCUT2D eigenvalue weighted by atomic mass is 32.2. The number of benzene rings is 1. The van der Waals surface area contributed by atoms with E-state index in [1.54, 1.807) is 0 Å². The van der Waals surface area contributed by atoms with Gasteiger partial charge >= 0.3 is 6.18 Å². The Labute approximate surface area is 110 Å². The Balaban J connectivity index is 3.59. The SMILES string of the molecule is Cc1cc(C)c(S(=O)(=O)OC(C)C)c(C(F)(F)F)c1. The summed E-state index contributed by atoms with van der Waals surface area (Å²) in [5, 5.41) is 0. The maximum absolute atomic E-state index is 13.0. The number of rotatable bonds is 3. The Morgan fingerprint density at radius 3 is 2.11 bits per heavy atom. The van der Waals surface area contributed by atoms with Crippen molar-refractivity contribution in [3.63, 3.8) is 0 Å². The average Bonchev–Trinajstić information content (AvgIpc) is 2.11. The lowest BCUT2D eigenvalue weighted by molar-refractivity contribution is -0.140. The Morgan fingerprint density at radius 2 is 1.68 bits per heavy atom. The molecule has 0 spiro atoms. The smallest absolute Gasteiger partial charge is 0.264 e. The van der Waals surface area contributed by atoms with Gasteiger partial charge in [0.05, 0.1) is 11.7 Å². The van der Waals surface area contributed by atoms with Gasteiger partial charge in [0.1, 0.15) is 4.90 Å². The van der Waals surface area contributed by atoms with E-state index in [2.05, 4.69) is 4.18 Å². The van der Waals surface area contributed by atoms with Crippen LogP contribution >= 0.6 is 0 Å². The van der Waals surface area contributed by atoms with Gasteiger partial charge in [-0.15, -0.1) is 0 Å². The number of aryl methyl sites for hydroxylation is 2. The summed E-state index contributed by atoms with van der Waals surface area (Å²) in [5.41, 5.74) is -0.827. The summed E-state index contributed by atoms with van der Waals surface area (Å²) < 4.78 is 67.4. The van der Waals surface area contributed by atoms with Crippen LogP contribution in [0.2, 0.25) is 0 Å². The van der Waals surface area contributed by atoms with Gasteiger partial charge in [-0.25, -0.2) is 0 Å². The van der Waals surface area contributed by atoms with Crippen LogP contribution in [0.5, 0.6) is 0 Å². The van der Waals surface area contributed by atoms with Crippen molar-refractivity contribution in [2.75, 3.05) is 0 Å². The third-order valence-electron chi connectivity index (χ3n) is 2.29. The van der Waals surface area contributed by atoms with Crippen molar-refractivity contribution in [2.45, 2.75) is 44.9 Å². The molecule has 1 aromatic rings. The fourth-order valence-corrected chi connectivity index (χ4v) is 3.30. The predicted octanol–water partition coefficient (Wildman–Crippen LogP) is 3.44. The summed E-state index contributed by atoms with van der Waals surface area (Å²) in [4.78, 5) is -0.806. The molecule has 0 heterocycles. The Morgan fingerprint density at radius 1 is 1.16 bits per heavy atom. The lowest BCUT2D eigenvalue weighted by atomic mass is 10.1. The highest BCUT2D eigenvalue weighted by Gasteiger charge is 2.39. The first-order valence-electron chi connectivity index (χ1n) is 5.57. The molecule has 0 radical (unpaired) electrons. The summed E-state index contributed by atoms with van der Waals surface area (Å²) in [5.74, 6) is 0. The van der Waals surface area contributed by atoms with E-state index in [1.807, 2.05) is 0 Å². The van der Waals surface area contributed by atoms with Gasteiger partial charge in [-0.3, -0.25) is 4.18 Å². The van der Waals surface area contributed by atoms with Crippen LogP contribution in [0.1, 0.15) is 30.5 Å². The molecule has 1 aromatic carbocycles. The molecule has 0 N–H and O–H groups in total. The van der Waals surface area contributed by atoms with Crippen molar-refractivity contribution in [1.82, 2.24) is 0 Å². The summed E-state index contributed by atoms with van der Waals surface area (Å²) in [6, 6.07) is 2.19. The highest BCUT2D eigenvalue weighted by molar-refractivity contribution is 7.86. The minimum Gasteiger partial charge on any atom is -0.264 e. The molecule has 3 nitrogen and oxygen atoms in total. The maximum atomic E-state index is 13.0. The first-order chi connectivity index (χ1) is 8.45. The monoisotopic (exact) mass is 296 g/mol. The zero-order valence-corrected chi connectivity index (χ0v) is 11.8. The fourth-order valence-electron chi connectivity index (χ4n) is 1.80. The molecule has 0 aliphatic heterocycles. The van der Waals surface area contributed by atoms with Crippen molar-refractivity contribution in [1.29, 1.82) is 0 Å². The molecule has 0 fully saturated rings. The molecule has 0 saturated heterocycles. The molecule has 1 rings (SSSR count). The van der Waals surface area contributed by atoms with E-state index in [4.69, 9.17) is 0 Å². The lowest BCUT2D eigenvalue weighted by Gasteiger charge is -2.17. The van der Waals surface area contributed by atoms with Gasteiger partial charge in [-0.05, 0) is 39.3 Å². The van der Waals surface area contributed by atoms with Crippen molar-refractivity contribution in [3.8, 4) is 0 Å². The number of halogens is 3. The van der Waals surface area contributed by atoms with E-state index >= 15 is 0 Å². The van der Waals surface area contributed by atoms with E-state index < -0.39 is 32.9 Å². The van der Waals surface area contributed by atoms with Crippen LogP contribution < -0.4 is 0 Å². The topological polar surface area (TPSA) is 43.4 Å². The van der Waals surface area contributed by atoms with Crippen LogP contribution in [0.25, 0.3) is 0 Å². The number of hydrogen-bond donors (Lipinski definition) is 0. The van der Waals surface area contributed by atoms with E-state index in [1.165, 1.54) is 33.8 Å². The van der Waals surface area contributed by atoms with Crippen molar-refractivity contribution < 1.29 is 25.8 Å². The molecule has 108 valence electrons. The Bertz CT molecular complexity index is 575. The third kappa shape index (κ3) is 3.70. The summed E-state index contributed by atoms with van der Waals surface area (Å²) in [6.07, 6.45) is -5.48. The van der Waals surface area contributed by atoms with Gasteiger partial charge in [0.2, 0.25) is 0 Å². The average molecular weight is 296 g/mol. The number of alkyl halides is 3. The molecule has 0 atom stereocenters. The predicted molar refractivity (Wildman–Crippen MR) is 64.3 cm³/mol. The van der Waals surface area contributed by atoms with Gasteiger partial charge in [0.25, 0.3) is 10.1 Å². The van der Waals surface area contributed by atoms with Crippen LogP contribution in [0.15, 0.2) is 17.0 Å². The molecule has 7 heteroatoms. The molecule has 0 aliphatic rings. The largest absolute Gasteiger partial charge is 0.417 e. The molecule has 0 bridgehead atoms. The van der Waals surface area contributed by atoms with Gasteiger partial charge in [-0.2, -0.15) is 21.6 Å². The van der Waals surface area contributed by atoms with Crippen molar-refractivity contribution in [3.05, 3.63) is 28.8 Å². The van der Waals surface area contributed by atoms with Gasteiger partial charge in [-0.1, -0.05) is 11.6 Å². The maximum Gasteiger partial charge on any atom is 0.417 e. The van der Waals surface area contributed by atoms with E-state index in [-0.39, 0.29) is 5.56 Å². The van der Waals surface area contributed by atoms with Crippen LogP contribution in [-0.2, 0) is 20.5 Å². The van der Waals surface area contributed by atoms with Gasteiger partial charge in [0, 0.05) is 0 Å². The zero-order chi connectivity index (χ0) is 15.0. The zero-order valence-electron chi connectivity index (χ0n) is 11.0. The molecular weight excluding hydrogens is 281 g/mol. The fraction of sp³-hybridized carbons (Fsp3) is 0.500. The lowest BCUT2D eigenvalue weighted by Crippen LogP contribution is -2.19. The first-order valence-corrected chi connectivity index (χ1v) is 6.97. The minimum atomic E-state index is -4.75. The molecule has 0 saturated carbocycles. The van der Waals surface area contributed by atoms with Gasteiger partial charge in [0.15, 0.2) is 0 Å². The van der Waals surface area contributed by atoms with Crippen molar-refractivity contribution in [2.24, 2.45) is 0 Å². The molecule has 19 heavy (non-hydrogen) atoms. The third-order valence-corrected chi connectivity index (χ3v) is 3.97. The van der Waals surface area contributed by atoms with Crippen LogP contribution in [0.3, 0.4) is 0 Å².